The van der Waals surface area contributed by atoms with Crippen LogP contribution in [0.5, 0.6) is 0 Å². The fourth-order valence-corrected chi connectivity index (χ4v) is 1.50. The van der Waals surface area contributed by atoms with E-state index < -0.39 is 0 Å². The first-order valence-corrected chi connectivity index (χ1v) is 4.66. The number of hydrogen-bond acceptors (Lipinski definition) is 2. The highest BCUT2D eigenvalue weighted by Gasteiger charge is 2.15. The number of halogens is 2. The topological polar surface area (TPSA) is 46.0 Å². The van der Waals surface area contributed by atoms with Crippen molar-refractivity contribution in [3.8, 4) is 0 Å². The molecule has 0 aromatic carbocycles. The molecule has 0 spiro atoms. The Morgan fingerprint density at radius 3 is 2.77 bits per heavy atom. The molecule has 0 bridgehead atoms. The van der Waals surface area contributed by atoms with Gasteiger partial charge in [0.1, 0.15) is 5.02 Å². The fourth-order valence-electron chi connectivity index (χ4n) is 1.19. The van der Waals surface area contributed by atoms with E-state index in [1.165, 1.54) is 0 Å². The molecule has 13 heavy (non-hydrogen) atoms. The SMILES string of the molecule is Cc1[nH]n2c(C(C)Cl)nnc2c1Cl. The van der Waals surface area contributed by atoms with Gasteiger partial charge in [0.05, 0.1) is 11.1 Å². The van der Waals surface area contributed by atoms with Gasteiger partial charge in [-0.05, 0) is 13.8 Å². The van der Waals surface area contributed by atoms with Crippen LogP contribution in [-0.4, -0.2) is 19.8 Å². The molecule has 1 unspecified atom stereocenters. The molecule has 0 saturated carbocycles. The van der Waals surface area contributed by atoms with Gasteiger partial charge in [-0.3, -0.25) is 5.10 Å². The molecule has 0 aliphatic rings. The summed E-state index contributed by atoms with van der Waals surface area (Å²) in [5, 5.41) is 11.3. The first-order valence-electron chi connectivity index (χ1n) is 3.84. The number of alkyl halides is 1. The third-order valence-electron chi connectivity index (χ3n) is 1.85. The van der Waals surface area contributed by atoms with Crippen molar-refractivity contribution in [2.45, 2.75) is 19.2 Å². The molecule has 4 nitrogen and oxygen atoms in total. The van der Waals surface area contributed by atoms with E-state index in [-0.39, 0.29) is 5.38 Å². The lowest BCUT2D eigenvalue weighted by Gasteiger charge is -1.96. The predicted molar refractivity (Wildman–Crippen MR) is 51.4 cm³/mol. The molecule has 2 rings (SSSR count). The number of rotatable bonds is 1. The van der Waals surface area contributed by atoms with Crippen LogP contribution in [0.1, 0.15) is 23.8 Å². The summed E-state index contributed by atoms with van der Waals surface area (Å²) in [6, 6.07) is 0. The first kappa shape index (κ1) is 8.84. The maximum atomic E-state index is 5.96. The largest absolute Gasteiger partial charge is 0.294 e. The molecule has 6 heteroatoms. The second-order valence-electron chi connectivity index (χ2n) is 2.88. The van der Waals surface area contributed by atoms with Crippen LogP contribution in [0, 0.1) is 6.92 Å². The van der Waals surface area contributed by atoms with Crippen molar-refractivity contribution in [2.75, 3.05) is 0 Å². The van der Waals surface area contributed by atoms with E-state index in [1.807, 2.05) is 13.8 Å². The number of fused-ring (bicyclic) bond motifs is 1. The number of aryl methyl sites for hydroxylation is 1. The summed E-state index contributed by atoms with van der Waals surface area (Å²) < 4.78 is 1.70. The van der Waals surface area contributed by atoms with Crippen molar-refractivity contribution in [1.82, 2.24) is 19.8 Å². The molecule has 2 aromatic rings. The molecule has 0 aliphatic heterocycles. The van der Waals surface area contributed by atoms with Gasteiger partial charge in [-0.1, -0.05) is 11.6 Å². The van der Waals surface area contributed by atoms with Gasteiger partial charge in [-0.15, -0.1) is 21.8 Å². The lowest BCUT2D eigenvalue weighted by Crippen LogP contribution is -1.95. The van der Waals surface area contributed by atoms with Gasteiger partial charge in [0.25, 0.3) is 0 Å². The fraction of sp³-hybridized carbons (Fsp3) is 0.429. The zero-order chi connectivity index (χ0) is 9.59. The van der Waals surface area contributed by atoms with Crippen LogP contribution in [0.2, 0.25) is 5.02 Å². The van der Waals surface area contributed by atoms with Crippen LogP contribution in [0.25, 0.3) is 5.65 Å². The predicted octanol–water partition coefficient (Wildman–Crippen LogP) is 2.32. The molecule has 0 amide bonds. The standard InChI is InChI=1S/C7H8Cl2N4/c1-3(8)6-10-11-7-5(9)4(2)12-13(6)7/h3,12H,1-2H3. The van der Waals surface area contributed by atoms with Crippen LogP contribution >= 0.6 is 23.2 Å². The highest BCUT2D eigenvalue weighted by molar-refractivity contribution is 6.34. The molecule has 0 fully saturated rings. The number of H-pyrrole nitrogens is 1. The smallest absolute Gasteiger partial charge is 0.196 e. The molecule has 70 valence electrons. The van der Waals surface area contributed by atoms with Crippen molar-refractivity contribution >= 4 is 28.8 Å². The summed E-state index contributed by atoms with van der Waals surface area (Å²) in [5.74, 6) is 0.673. The summed E-state index contributed by atoms with van der Waals surface area (Å²) >= 11 is 11.9. The summed E-state index contributed by atoms with van der Waals surface area (Å²) in [7, 11) is 0. The minimum Gasteiger partial charge on any atom is -0.294 e. The van der Waals surface area contributed by atoms with Gasteiger partial charge in [0, 0.05) is 0 Å². The van der Waals surface area contributed by atoms with E-state index in [0.29, 0.717) is 16.5 Å². The monoisotopic (exact) mass is 218 g/mol. The number of nitrogens with zero attached hydrogens (tertiary/aromatic N) is 3. The summed E-state index contributed by atoms with van der Waals surface area (Å²) in [4.78, 5) is 0. The number of hydrogen-bond donors (Lipinski definition) is 1. The molecule has 0 radical (unpaired) electrons. The Morgan fingerprint density at radius 2 is 2.15 bits per heavy atom. The van der Waals surface area contributed by atoms with Crippen molar-refractivity contribution in [2.24, 2.45) is 0 Å². The average molecular weight is 219 g/mol. The molecule has 0 aliphatic carbocycles. The van der Waals surface area contributed by atoms with Crippen LogP contribution in [0.3, 0.4) is 0 Å². The molecule has 2 heterocycles. The summed E-state index contributed by atoms with van der Waals surface area (Å²) in [6.45, 7) is 3.71. The Kier molecular flexibility index (Phi) is 1.96. The molecular formula is C7H8Cl2N4. The quantitative estimate of drug-likeness (QED) is 0.748. The molecular weight excluding hydrogens is 211 g/mol. The van der Waals surface area contributed by atoms with E-state index in [1.54, 1.807) is 4.52 Å². The van der Waals surface area contributed by atoms with E-state index in [0.717, 1.165) is 5.69 Å². The second-order valence-corrected chi connectivity index (χ2v) is 3.92. The second kappa shape index (κ2) is 2.89. The average Bonchev–Trinajstić information content (AvgIpc) is 2.55. The first-order chi connectivity index (χ1) is 6.11. The Hall–Kier alpha value is -0.740. The number of nitrogens with one attached hydrogen (secondary N) is 1. The zero-order valence-electron chi connectivity index (χ0n) is 7.17. The van der Waals surface area contributed by atoms with Crippen molar-refractivity contribution in [3.63, 3.8) is 0 Å². The van der Waals surface area contributed by atoms with Crippen LogP contribution in [0.4, 0.5) is 0 Å². The molecule has 0 saturated heterocycles. The van der Waals surface area contributed by atoms with Crippen LogP contribution in [-0.2, 0) is 0 Å². The highest BCUT2D eigenvalue weighted by Crippen LogP contribution is 2.24. The zero-order valence-corrected chi connectivity index (χ0v) is 8.69. The van der Waals surface area contributed by atoms with E-state index >= 15 is 0 Å². The third-order valence-corrected chi connectivity index (χ3v) is 2.50. The Bertz CT molecular complexity index is 442. The summed E-state index contributed by atoms with van der Waals surface area (Å²) in [5.41, 5.74) is 1.49. The lowest BCUT2D eigenvalue weighted by atomic mass is 10.4. The molecule has 1 atom stereocenters. The van der Waals surface area contributed by atoms with Gasteiger partial charge < -0.3 is 0 Å². The molecule has 1 N–H and O–H groups in total. The van der Waals surface area contributed by atoms with E-state index in [2.05, 4.69) is 15.3 Å². The van der Waals surface area contributed by atoms with Gasteiger partial charge in [-0.25, -0.2) is 4.52 Å². The third kappa shape index (κ3) is 1.21. The summed E-state index contributed by atoms with van der Waals surface area (Å²) in [6.07, 6.45) is 0. The molecule has 2 aromatic heterocycles. The number of aromatic amines is 1. The minimum absolute atomic E-state index is 0.191. The van der Waals surface area contributed by atoms with Gasteiger partial charge >= 0.3 is 0 Å². The van der Waals surface area contributed by atoms with E-state index in [4.69, 9.17) is 23.2 Å². The van der Waals surface area contributed by atoms with Gasteiger partial charge in [0.2, 0.25) is 0 Å². The maximum absolute atomic E-state index is 5.96. The Labute approximate surface area is 84.8 Å². The van der Waals surface area contributed by atoms with Gasteiger partial charge in [-0.2, -0.15) is 0 Å². The number of aromatic nitrogens is 4. The lowest BCUT2D eigenvalue weighted by molar-refractivity contribution is 0.808. The van der Waals surface area contributed by atoms with Crippen LogP contribution in [0.15, 0.2) is 0 Å². The Morgan fingerprint density at radius 1 is 1.46 bits per heavy atom. The highest BCUT2D eigenvalue weighted by atomic mass is 35.5. The maximum Gasteiger partial charge on any atom is 0.196 e. The van der Waals surface area contributed by atoms with Crippen LogP contribution < -0.4 is 0 Å². The van der Waals surface area contributed by atoms with E-state index in [9.17, 15) is 0 Å². The minimum atomic E-state index is -0.191. The van der Waals surface area contributed by atoms with Gasteiger partial charge in [0.15, 0.2) is 11.5 Å². The van der Waals surface area contributed by atoms with Crippen molar-refractivity contribution < 1.29 is 0 Å². The van der Waals surface area contributed by atoms with Crippen molar-refractivity contribution in [1.29, 1.82) is 0 Å². The normalized spacial score (nSPS) is 13.8. The van der Waals surface area contributed by atoms with Crippen molar-refractivity contribution in [3.05, 3.63) is 16.5 Å². The Balaban J connectivity index is 2.74.